The van der Waals surface area contributed by atoms with Gasteiger partial charge in [-0.05, 0) is 25.3 Å². The lowest BCUT2D eigenvalue weighted by atomic mass is 9.82. The van der Waals surface area contributed by atoms with Gasteiger partial charge in [0.1, 0.15) is 6.10 Å². The molecule has 6 heteroatoms. The maximum atomic E-state index is 14.0. The summed E-state index contributed by atoms with van der Waals surface area (Å²) in [4.78, 5) is 2.07. The van der Waals surface area contributed by atoms with Crippen molar-refractivity contribution in [3.8, 4) is 0 Å². The molecule has 2 aliphatic heterocycles. The number of hydrogen-bond acceptors (Lipinski definition) is 4. The number of piperidine rings is 1. The molecule has 23 heavy (non-hydrogen) atoms. The van der Waals surface area contributed by atoms with Crippen LogP contribution in [0.2, 0.25) is 0 Å². The van der Waals surface area contributed by atoms with Crippen molar-refractivity contribution in [1.82, 2.24) is 4.90 Å². The Bertz CT molecular complexity index is 573. The largest absolute Gasteiger partial charge is 0.390 e. The summed E-state index contributed by atoms with van der Waals surface area (Å²) in [6, 6.07) is 3.23. The van der Waals surface area contributed by atoms with Crippen LogP contribution in [0.3, 0.4) is 0 Å². The van der Waals surface area contributed by atoms with Gasteiger partial charge in [-0.2, -0.15) is 0 Å². The summed E-state index contributed by atoms with van der Waals surface area (Å²) < 4.78 is 33.4. The molecule has 0 radical (unpaired) electrons. The normalized spacial score (nSPS) is 28.2. The van der Waals surface area contributed by atoms with Gasteiger partial charge in [0.15, 0.2) is 11.6 Å². The molecule has 2 atom stereocenters. The Labute approximate surface area is 134 Å². The van der Waals surface area contributed by atoms with Crippen LogP contribution >= 0.6 is 0 Å². The minimum Gasteiger partial charge on any atom is -0.390 e. The van der Waals surface area contributed by atoms with Gasteiger partial charge in [0, 0.05) is 31.6 Å². The number of aryl methyl sites for hydroxylation is 1. The van der Waals surface area contributed by atoms with E-state index in [2.05, 4.69) is 4.90 Å². The molecule has 0 amide bonds. The van der Waals surface area contributed by atoms with Crippen LogP contribution in [0.1, 0.15) is 30.4 Å². The van der Waals surface area contributed by atoms with Crippen molar-refractivity contribution < 1.29 is 23.7 Å². The molecule has 0 unspecified atom stereocenters. The van der Waals surface area contributed by atoms with Gasteiger partial charge in [0.25, 0.3) is 0 Å². The van der Waals surface area contributed by atoms with E-state index in [-0.39, 0.29) is 6.61 Å². The van der Waals surface area contributed by atoms with Crippen LogP contribution in [0.15, 0.2) is 12.1 Å². The van der Waals surface area contributed by atoms with E-state index in [0.29, 0.717) is 50.0 Å². The van der Waals surface area contributed by atoms with Crippen LogP contribution in [-0.4, -0.2) is 52.6 Å². The summed E-state index contributed by atoms with van der Waals surface area (Å²) in [5.41, 5.74) is 0.280. The number of halogens is 2. The van der Waals surface area contributed by atoms with Gasteiger partial charge in [0.2, 0.25) is 0 Å². The van der Waals surface area contributed by atoms with E-state index in [9.17, 15) is 19.0 Å². The van der Waals surface area contributed by atoms with Crippen molar-refractivity contribution in [2.75, 3.05) is 19.7 Å². The van der Waals surface area contributed by atoms with Crippen LogP contribution in [0.25, 0.3) is 0 Å². The molecule has 2 N–H and O–H groups in total. The molecule has 1 spiro atoms. The molecule has 0 aromatic heterocycles. The summed E-state index contributed by atoms with van der Waals surface area (Å²) in [5, 5.41) is 19.4. The Hall–Kier alpha value is -1.08. The highest BCUT2D eigenvalue weighted by Crippen LogP contribution is 2.35. The number of aliphatic hydroxyl groups is 2. The second kappa shape index (κ2) is 6.43. The van der Waals surface area contributed by atoms with Gasteiger partial charge < -0.3 is 14.9 Å². The molecule has 0 bridgehead atoms. The van der Waals surface area contributed by atoms with E-state index in [1.807, 2.05) is 0 Å². The SMILES string of the molecule is Cc1ccc(CN2CCC3(CC2)C[C@@H](O)[C@@H](O)CO3)c(F)c1F. The second-order valence-corrected chi connectivity index (χ2v) is 6.78. The minimum atomic E-state index is -0.816. The Morgan fingerprint density at radius 2 is 1.87 bits per heavy atom. The molecule has 4 nitrogen and oxygen atoms in total. The molecule has 128 valence electrons. The fourth-order valence-corrected chi connectivity index (χ4v) is 3.47. The van der Waals surface area contributed by atoms with Gasteiger partial charge in [-0.15, -0.1) is 0 Å². The highest BCUT2D eigenvalue weighted by Gasteiger charge is 2.42. The zero-order chi connectivity index (χ0) is 16.6. The van der Waals surface area contributed by atoms with Gasteiger partial charge >= 0.3 is 0 Å². The van der Waals surface area contributed by atoms with Crippen molar-refractivity contribution in [2.24, 2.45) is 0 Å². The number of aliphatic hydroxyl groups excluding tert-OH is 2. The molecule has 2 heterocycles. The highest BCUT2D eigenvalue weighted by molar-refractivity contribution is 5.25. The first-order valence-electron chi connectivity index (χ1n) is 8.06. The Balaban J connectivity index is 1.61. The molecule has 0 saturated carbocycles. The van der Waals surface area contributed by atoms with Gasteiger partial charge in [0.05, 0.1) is 18.3 Å². The number of nitrogens with zero attached hydrogens (tertiary/aromatic N) is 1. The van der Waals surface area contributed by atoms with Crippen molar-refractivity contribution in [2.45, 2.75) is 50.5 Å². The maximum Gasteiger partial charge on any atom is 0.163 e. The third kappa shape index (κ3) is 3.40. The third-order valence-corrected chi connectivity index (χ3v) is 5.10. The fraction of sp³-hybridized carbons (Fsp3) is 0.647. The Kier molecular flexibility index (Phi) is 4.69. The number of ether oxygens (including phenoxy) is 1. The lowest BCUT2D eigenvalue weighted by Crippen LogP contribution is -2.54. The number of likely N-dealkylation sites (tertiary alicyclic amines) is 1. The lowest BCUT2D eigenvalue weighted by molar-refractivity contribution is -0.188. The van der Waals surface area contributed by atoms with Crippen LogP contribution in [-0.2, 0) is 11.3 Å². The Morgan fingerprint density at radius 3 is 2.52 bits per heavy atom. The first-order chi connectivity index (χ1) is 10.9. The van der Waals surface area contributed by atoms with Crippen molar-refractivity contribution >= 4 is 0 Å². The monoisotopic (exact) mass is 327 g/mol. The molecule has 0 aliphatic carbocycles. The van der Waals surface area contributed by atoms with E-state index in [1.54, 1.807) is 19.1 Å². The minimum absolute atomic E-state index is 0.152. The summed E-state index contributed by atoms with van der Waals surface area (Å²) in [5.74, 6) is -1.54. The van der Waals surface area contributed by atoms with E-state index >= 15 is 0 Å². The summed E-state index contributed by atoms with van der Waals surface area (Å²) >= 11 is 0. The average Bonchev–Trinajstić information content (AvgIpc) is 2.54. The van der Waals surface area contributed by atoms with E-state index in [4.69, 9.17) is 4.74 Å². The quantitative estimate of drug-likeness (QED) is 0.869. The van der Waals surface area contributed by atoms with E-state index in [1.165, 1.54) is 0 Å². The molecular weight excluding hydrogens is 304 g/mol. The first-order valence-corrected chi connectivity index (χ1v) is 8.06. The van der Waals surface area contributed by atoms with Crippen LogP contribution in [0, 0.1) is 18.6 Å². The molecule has 2 saturated heterocycles. The maximum absolute atomic E-state index is 14.0. The fourth-order valence-electron chi connectivity index (χ4n) is 3.47. The third-order valence-electron chi connectivity index (χ3n) is 5.10. The summed E-state index contributed by atoms with van der Waals surface area (Å²) in [6.07, 6.45) is 0.289. The van der Waals surface area contributed by atoms with Crippen LogP contribution in [0.5, 0.6) is 0 Å². The van der Waals surface area contributed by atoms with Crippen molar-refractivity contribution in [3.05, 3.63) is 34.9 Å². The zero-order valence-electron chi connectivity index (χ0n) is 13.3. The van der Waals surface area contributed by atoms with E-state index in [0.717, 1.165) is 0 Å². The van der Waals surface area contributed by atoms with Crippen molar-refractivity contribution in [3.63, 3.8) is 0 Å². The number of rotatable bonds is 2. The van der Waals surface area contributed by atoms with Crippen LogP contribution < -0.4 is 0 Å². The van der Waals surface area contributed by atoms with Gasteiger partial charge in [-0.1, -0.05) is 12.1 Å². The second-order valence-electron chi connectivity index (χ2n) is 6.78. The molecule has 1 aromatic carbocycles. The lowest BCUT2D eigenvalue weighted by Gasteiger charge is -2.46. The van der Waals surface area contributed by atoms with E-state index < -0.39 is 29.4 Å². The molecule has 1 aromatic rings. The summed E-state index contributed by atoms with van der Waals surface area (Å²) in [6.45, 7) is 3.45. The highest BCUT2D eigenvalue weighted by atomic mass is 19.2. The molecule has 2 aliphatic rings. The smallest absolute Gasteiger partial charge is 0.163 e. The zero-order valence-corrected chi connectivity index (χ0v) is 13.3. The predicted molar refractivity (Wildman–Crippen MR) is 80.9 cm³/mol. The molecular formula is C17H23F2NO3. The number of benzene rings is 1. The van der Waals surface area contributed by atoms with Crippen LogP contribution in [0.4, 0.5) is 8.78 Å². The van der Waals surface area contributed by atoms with Gasteiger partial charge in [-0.3, -0.25) is 4.90 Å². The standard InChI is InChI=1S/C17H23F2NO3/c1-11-2-3-12(16(19)15(11)18)9-20-6-4-17(5-7-20)8-13(21)14(22)10-23-17/h2-3,13-14,21-22H,4-10H2,1H3/t13-,14+/m1/s1. The average molecular weight is 327 g/mol. The Morgan fingerprint density at radius 1 is 1.17 bits per heavy atom. The number of hydrogen-bond donors (Lipinski definition) is 2. The summed E-state index contributed by atoms with van der Waals surface area (Å²) in [7, 11) is 0. The van der Waals surface area contributed by atoms with Crippen molar-refractivity contribution in [1.29, 1.82) is 0 Å². The topological polar surface area (TPSA) is 52.9 Å². The van der Waals surface area contributed by atoms with Gasteiger partial charge in [-0.25, -0.2) is 8.78 Å². The first kappa shape index (κ1) is 16.8. The predicted octanol–water partition coefficient (Wildman–Crippen LogP) is 1.75. The molecule has 2 fully saturated rings. The molecule has 3 rings (SSSR count).